The lowest BCUT2D eigenvalue weighted by atomic mass is 9.99. The van der Waals surface area contributed by atoms with Crippen molar-refractivity contribution in [1.29, 1.82) is 0 Å². The topological polar surface area (TPSA) is 149 Å². The van der Waals surface area contributed by atoms with Gasteiger partial charge < -0.3 is 40.3 Å². The summed E-state index contributed by atoms with van der Waals surface area (Å²) < 4.78 is 11.2. The second-order valence-corrected chi connectivity index (χ2v) is 19.0. The monoisotopic (exact) mass is 978 g/mol. The van der Waals surface area contributed by atoms with Crippen LogP contribution in [0.2, 0.25) is 0 Å². The Morgan fingerprint density at radius 2 is 0.900 bits per heavy atom. The molecule has 0 radical (unpaired) electrons. The highest BCUT2D eigenvalue weighted by Crippen LogP contribution is 2.23. The predicted molar refractivity (Wildman–Crippen MR) is 294 cm³/mol. The third kappa shape index (κ3) is 38.5. The van der Waals surface area contributed by atoms with E-state index >= 15 is 0 Å². The Bertz CT molecular complexity index is 1460. The molecule has 0 aromatic carbocycles. The minimum atomic E-state index is -1.58. The maximum Gasteiger partial charge on any atom is 0.220 e. The van der Waals surface area contributed by atoms with Crippen molar-refractivity contribution in [2.24, 2.45) is 0 Å². The molecule has 0 bridgehead atoms. The lowest BCUT2D eigenvalue weighted by Gasteiger charge is -2.40. The summed E-state index contributed by atoms with van der Waals surface area (Å²) >= 11 is 0. The van der Waals surface area contributed by atoms with Crippen LogP contribution in [0.5, 0.6) is 0 Å². The Hall–Kier alpha value is -3.15. The average Bonchev–Trinajstić information content (AvgIpc) is 3.36. The van der Waals surface area contributed by atoms with Crippen LogP contribution in [0.15, 0.2) is 109 Å². The number of aliphatic hydroxyl groups is 5. The number of unbranched alkanes of at least 4 members (excludes halogenated alkanes) is 20. The molecule has 9 nitrogen and oxygen atoms in total. The minimum Gasteiger partial charge on any atom is -0.394 e. The van der Waals surface area contributed by atoms with E-state index in [-0.39, 0.29) is 12.5 Å². The van der Waals surface area contributed by atoms with Crippen molar-refractivity contribution >= 4 is 5.91 Å². The van der Waals surface area contributed by atoms with E-state index in [2.05, 4.69) is 116 Å². The molecule has 1 rings (SSSR count). The van der Waals surface area contributed by atoms with Crippen LogP contribution in [0.25, 0.3) is 0 Å². The van der Waals surface area contributed by atoms with Crippen molar-refractivity contribution in [3.63, 3.8) is 0 Å². The third-order valence-corrected chi connectivity index (χ3v) is 12.6. The van der Waals surface area contributed by atoms with Crippen LogP contribution in [0.3, 0.4) is 0 Å². The number of hydrogen-bond acceptors (Lipinski definition) is 8. The van der Waals surface area contributed by atoms with Gasteiger partial charge in [-0.15, -0.1) is 0 Å². The van der Waals surface area contributed by atoms with Gasteiger partial charge in [0.25, 0.3) is 0 Å². The molecule has 9 heteroatoms. The number of amides is 1. The van der Waals surface area contributed by atoms with E-state index in [0.717, 1.165) is 96.3 Å². The summed E-state index contributed by atoms with van der Waals surface area (Å²) in [6.45, 7) is 3.63. The third-order valence-electron chi connectivity index (χ3n) is 12.6. The summed E-state index contributed by atoms with van der Waals surface area (Å²) in [5.41, 5.74) is 0. The van der Waals surface area contributed by atoms with Gasteiger partial charge in [-0.25, -0.2) is 0 Å². The highest BCUT2D eigenvalue weighted by atomic mass is 16.7. The molecule has 1 aliphatic heterocycles. The maximum absolute atomic E-state index is 13.0. The van der Waals surface area contributed by atoms with Crippen molar-refractivity contribution in [2.75, 3.05) is 13.2 Å². The molecule has 7 atom stereocenters. The lowest BCUT2D eigenvalue weighted by Crippen LogP contribution is -2.60. The Morgan fingerprint density at radius 3 is 1.37 bits per heavy atom. The molecule has 6 N–H and O–H groups in total. The van der Waals surface area contributed by atoms with E-state index in [9.17, 15) is 30.3 Å². The van der Waals surface area contributed by atoms with E-state index < -0.39 is 49.5 Å². The summed E-state index contributed by atoms with van der Waals surface area (Å²) in [4.78, 5) is 13.0. The highest BCUT2D eigenvalue weighted by molar-refractivity contribution is 5.76. The Balaban J connectivity index is 2.20. The minimum absolute atomic E-state index is 0.195. The second kappa shape index (κ2) is 49.4. The normalized spacial score (nSPS) is 20.2. The average molecular weight is 978 g/mol. The number of aliphatic hydroxyl groups excluding tert-OH is 5. The van der Waals surface area contributed by atoms with Crippen LogP contribution in [0.1, 0.15) is 213 Å². The van der Waals surface area contributed by atoms with E-state index in [1.54, 1.807) is 6.08 Å². The van der Waals surface area contributed by atoms with E-state index in [1.165, 1.54) is 96.3 Å². The second-order valence-electron chi connectivity index (χ2n) is 19.0. The van der Waals surface area contributed by atoms with Gasteiger partial charge in [0, 0.05) is 6.42 Å². The van der Waals surface area contributed by atoms with Gasteiger partial charge in [-0.05, 0) is 89.9 Å². The van der Waals surface area contributed by atoms with E-state index in [1.807, 2.05) is 6.08 Å². The highest BCUT2D eigenvalue weighted by Gasteiger charge is 2.44. The zero-order valence-electron chi connectivity index (χ0n) is 44.2. The fraction of sp³-hybridized carbons (Fsp3) is 0.689. The van der Waals surface area contributed by atoms with Crippen LogP contribution in [0, 0.1) is 0 Å². The predicted octanol–water partition coefficient (Wildman–Crippen LogP) is 13.8. The molecule has 400 valence electrons. The summed E-state index contributed by atoms with van der Waals surface area (Å²) in [6, 6.07) is -0.830. The molecule has 0 aliphatic carbocycles. The van der Waals surface area contributed by atoms with Crippen molar-refractivity contribution in [1.82, 2.24) is 5.32 Å². The first-order valence-corrected chi connectivity index (χ1v) is 28.1. The van der Waals surface area contributed by atoms with Crippen LogP contribution in [-0.4, -0.2) is 87.5 Å². The molecule has 1 saturated heterocycles. The number of rotatable bonds is 46. The summed E-state index contributed by atoms with van der Waals surface area (Å²) in [7, 11) is 0. The fourth-order valence-electron chi connectivity index (χ4n) is 8.15. The van der Waals surface area contributed by atoms with Gasteiger partial charge in [0.2, 0.25) is 5.91 Å². The summed E-state index contributed by atoms with van der Waals surface area (Å²) in [6.07, 6.45) is 65.8. The summed E-state index contributed by atoms with van der Waals surface area (Å²) in [5, 5.41) is 54.4. The first-order valence-electron chi connectivity index (χ1n) is 28.1. The number of allylic oxidation sites excluding steroid dienone is 17. The first kappa shape index (κ1) is 64.9. The van der Waals surface area contributed by atoms with Crippen molar-refractivity contribution in [3.8, 4) is 0 Å². The quantitative estimate of drug-likeness (QED) is 0.0261. The molecule has 0 spiro atoms. The maximum atomic E-state index is 13.0. The van der Waals surface area contributed by atoms with Gasteiger partial charge in [0.1, 0.15) is 24.4 Å². The largest absolute Gasteiger partial charge is 0.394 e. The van der Waals surface area contributed by atoms with Gasteiger partial charge in [0.05, 0.1) is 25.4 Å². The van der Waals surface area contributed by atoms with Gasteiger partial charge in [0.15, 0.2) is 6.29 Å². The number of nitrogens with one attached hydrogen (secondary N) is 1. The number of carbonyl (C=O) groups is 1. The van der Waals surface area contributed by atoms with Gasteiger partial charge in [-0.3, -0.25) is 4.79 Å². The Kier molecular flexibility index (Phi) is 45.8. The van der Waals surface area contributed by atoms with Crippen molar-refractivity contribution in [2.45, 2.75) is 256 Å². The zero-order chi connectivity index (χ0) is 50.8. The summed E-state index contributed by atoms with van der Waals surface area (Å²) in [5.74, 6) is -0.195. The van der Waals surface area contributed by atoms with Crippen LogP contribution in [0.4, 0.5) is 0 Å². The van der Waals surface area contributed by atoms with Gasteiger partial charge >= 0.3 is 0 Å². The smallest absolute Gasteiger partial charge is 0.220 e. The molecule has 1 amide bonds. The molecular weight excluding hydrogens is 875 g/mol. The van der Waals surface area contributed by atoms with E-state index in [4.69, 9.17) is 9.47 Å². The zero-order valence-corrected chi connectivity index (χ0v) is 44.2. The molecule has 1 fully saturated rings. The number of hydrogen-bond donors (Lipinski definition) is 6. The number of carbonyl (C=O) groups excluding carboxylic acids is 1. The molecular formula is C61H103NO8. The fourth-order valence-corrected chi connectivity index (χ4v) is 8.15. The van der Waals surface area contributed by atoms with Crippen LogP contribution in [-0.2, 0) is 14.3 Å². The molecule has 7 unspecified atom stereocenters. The van der Waals surface area contributed by atoms with Gasteiger partial charge in [-0.1, -0.05) is 226 Å². The van der Waals surface area contributed by atoms with Crippen LogP contribution >= 0.6 is 0 Å². The van der Waals surface area contributed by atoms with Crippen LogP contribution < -0.4 is 5.32 Å². The SMILES string of the molecule is CC/C=C\C/C=C\C/C=C\C/C=C\C/C=C\C/C=C\C/C=C\CCCCCCCCCCCCCC(=O)NC(COC1OC(CO)C(O)C(O)C1O)C(O)/C=C/CC/C=C/CCCCCCCCCC. The molecule has 0 saturated carbocycles. The standard InChI is InChI=1S/C61H103NO8/c1-3-5-7-9-11-13-15-17-19-20-21-22-23-24-25-26-27-28-29-30-31-32-33-34-35-36-37-39-41-43-45-47-49-51-57(65)62-54(53-69-61-60(68)59(67)58(66)56(52-63)70-61)55(64)50-48-46-44-42-40-38-18-16-14-12-10-8-6-4-2/h5,7,11,13,17,19,21-22,24-25,27-28,30-31,40,42,48,50,54-56,58-61,63-64,66-68H,3-4,6,8-10,12,14-16,18,20,23,26,29,32-39,41,43-47,49,51-53H2,1-2H3,(H,62,65)/b7-5-,13-11-,19-17-,22-21-,25-24-,28-27-,31-30-,42-40+,50-48+. The van der Waals surface area contributed by atoms with Crippen molar-refractivity contribution < 1.29 is 39.8 Å². The Morgan fingerprint density at radius 1 is 0.500 bits per heavy atom. The first-order chi connectivity index (χ1) is 34.3. The van der Waals surface area contributed by atoms with Gasteiger partial charge in [-0.2, -0.15) is 0 Å². The molecule has 0 aromatic heterocycles. The lowest BCUT2D eigenvalue weighted by molar-refractivity contribution is -0.302. The Labute approximate surface area is 427 Å². The molecule has 0 aromatic rings. The molecule has 70 heavy (non-hydrogen) atoms. The molecule has 1 heterocycles. The number of ether oxygens (including phenoxy) is 2. The van der Waals surface area contributed by atoms with E-state index in [0.29, 0.717) is 6.42 Å². The molecule has 1 aliphatic rings. The van der Waals surface area contributed by atoms with Crippen molar-refractivity contribution in [3.05, 3.63) is 109 Å².